The minimum Gasteiger partial charge on any atom is -0.478 e. The lowest BCUT2D eigenvalue weighted by molar-refractivity contribution is 0.0699. The summed E-state index contributed by atoms with van der Waals surface area (Å²) in [4.78, 5) is 23.7. The van der Waals surface area contributed by atoms with Crippen LogP contribution in [0.25, 0.3) is 16.5 Å². The van der Waals surface area contributed by atoms with Gasteiger partial charge in [0.1, 0.15) is 0 Å². The van der Waals surface area contributed by atoms with Crippen molar-refractivity contribution in [3.8, 4) is 5.69 Å². The van der Waals surface area contributed by atoms with Crippen molar-refractivity contribution in [1.82, 2.24) is 9.78 Å². The van der Waals surface area contributed by atoms with E-state index in [1.165, 1.54) is 16.9 Å². The number of carbonyl (C=O) groups is 1. The summed E-state index contributed by atoms with van der Waals surface area (Å²) in [6, 6.07) is 13.6. The van der Waals surface area contributed by atoms with Gasteiger partial charge in [-0.2, -0.15) is 9.78 Å². The third-order valence-corrected chi connectivity index (χ3v) is 3.05. The molecule has 0 atom stereocenters. The smallest absolute Gasteiger partial charge is 0.336 e. The van der Waals surface area contributed by atoms with Crippen molar-refractivity contribution in [2.45, 2.75) is 0 Å². The number of para-hydroxylation sites is 1. The van der Waals surface area contributed by atoms with E-state index in [0.717, 1.165) is 0 Å². The van der Waals surface area contributed by atoms with Gasteiger partial charge in [-0.15, -0.1) is 0 Å². The Hall–Kier alpha value is -2.95. The topological polar surface area (TPSA) is 72.2 Å². The first-order valence-corrected chi connectivity index (χ1v) is 5.98. The zero-order valence-electron chi connectivity index (χ0n) is 10.4. The maximum absolute atomic E-state index is 12.5. The second kappa shape index (κ2) is 4.62. The summed E-state index contributed by atoms with van der Waals surface area (Å²) < 4.78 is 1.20. The van der Waals surface area contributed by atoms with Gasteiger partial charge < -0.3 is 5.11 Å². The number of carboxylic acids is 1. The summed E-state index contributed by atoms with van der Waals surface area (Å²) in [5.41, 5.74) is 0.144. The highest BCUT2D eigenvalue weighted by atomic mass is 16.4. The van der Waals surface area contributed by atoms with E-state index in [2.05, 4.69) is 5.10 Å². The molecule has 0 radical (unpaired) electrons. The lowest BCUT2D eigenvalue weighted by Gasteiger charge is -2.07. The predicted octanol–water partition coefficient (Wildman–Crippen LogP) is 2.08. The average Bonchev–Trinajstić information content (AvgIpc) is 2.48. The molecule has 20 heavy (non-hydrogen) atoms. The van der Waals surface area contributed by atoms with E-state index in [9.17, 15) is 14.7 Å². The van der Waals surface area contributed by atoms with Crippen LogP contribution < -0.4 is 5.56 Å². The number of benzene rings is 2. The van der Waals surface area contributed by atoms with Gasteiger partial charge in [-0.25, -0.2) is 4.79 Å². The molecular weight excluding hydrogens is 256 g/mol. The number of aromatic carboxylic acids is 1. The molecule has 5 heteroatoms. The molecule has 1 aromatic heterocycles. The van der Waals surface area contributed by atoms with Gasteiger partial charge in [0.25, 0.3) is 5.56 Å². The Kier molecular flexibility index (Phi) is 2.80. The van der Waals surface area contributed by atoms with Crippen LogP contribution in [0, 0.1) is 0 Å². The molecule has 1 heterocycles. The molecule has 1 N–H and O–H groups in total. The molecule has 5 nitrogen and oxygen atoms in total. The fourth-order valence-electron chi connectivity index (χ4n) is 2.13. The van der Waals surface area contributed by atoms with Crippen LogP contribution in [0.15, 0.2) is 59.5 Å². The first-order valence-electron chi connectivity index (χ1n) is 5.98. The van der Waals surface area contributed by atoms with Gasteiger partial charge in [-0.1, -0.05) is 30.3 Å². The number of aromatic nitrogens is 2. The summed E-state index contributed by atoms with van der Waals surface area (Å²) >= 11 is 0. The minimum atomic E-state index is -1.13. The fourth-order valence-corrected chi connectivity index (χ4v) is 2.13. The Labute approximate surface area is 113 Å². The van der Waals surface area contributed by atoms with Crippen LogP contribution in [0.4, 0.5) is 0 Å². The number of rotatable bonds is 2. The second-order valence-corrected chi connectivity index (χ2v) is 4.27. The van der Waals surface area contributed by atoms with E-state index in [0.29, 0.717) is 11.1 Å². The first-order chi connectivity index (χ1) is 9.68. The molecule has 0 fully saturated rings. The molecule has 0 saturated heterocycles. The maximum Gasteiger partial charge on any atom is 0.336 e. The van der Waals surface area contributed by atoms with Gasteiger partial charge in [-0.3, -0.25) is 4.79 Å². The van der Waals surface area contributed by atoms with Crippen LogP contribution in [0.2, 0.25) is 0 Å². The molecule has 98 valence electrons. The predicted molar refractivity (Wildman–Crippen MR) is 74.3 cm³/mol. The molecule has 0 unspecified atom stereocenters. The quantitative estimate of drug-likeness (QED) is 0.770. The number of hydrogen-bond donors (Lipinski definition) is 1. The van der Waals surface area contributed by atoms with Gasteiger partial charge in [0.2, 0.25) is 0 Å². The highest BCUT2D eigenvalue weighted by Gasteiger charge is 2.14. The molecule has 0 amide bonds. The van der Waals surface area contributed by atoms with Crippen molar-refractivity contribution in [2.24, 2.45) is 0 Å². The van der Waals surface area contributed by atoms with Crippen LogP contribution in [-0.2, 0) is 0 Å². The number of hydrogen-bond acceptors (Lipinski definition) is 3. The van der Waals surface area contributed by atoms with E-state index >= 15 is 0 Å². The lowest BCUT2D eigenvalue weighted by Crippen LogP contribution is -2.22. The Balaban J connectivity index is 2.39. The SMILES string of the molecule is O=C(O)c1cccc2cnn(-c3ccccc3)c(=O)c12. The largest absolute Gasteiger partial charge is 0.478 e. The van der Waals surface area contributed by atoms with E-state index < -0.39 is 11.5 Å². The van der Waals surface area contributed by atoms with Crippen molar-refractivity contribution in [3.05, 3.63) is 70.6 Å². The molecular formula is C15H10N2O3. The number of nitrogens with zero attached hydrogens (tertiary/aromatic N) is 2. The molecule has 3 aromatic rings. The van der Waals surface area contributed by atoms with Crippen molar-refractivity contribution in [2.75, 3.05) is 0 Å². The van der Waals surface area contributed by atoms with Gasteiger partial charge >= 0.3 is 5.97 Å². The molecule has 3 rings (SSSR count). The van der Waals surface area contributed by atoms with Gasteiger partial charge in [0.15, 0.2) is 0 Å². The average molecular weight is 266 g/mol. The highest BCUT2D eigenvalue weighted by Crippen LogP contribution is 2.15. The van der Waals surface area contributed by atoms with Crippen LogP contribution in [-0.4, -0.2) is 20.9 Å². The summed E-state index contributed by atoms with van der Waals surface area (Å²) in [5, 5.41) is 14.0. The molecule has 0 aliphatic carbocycles. The Bertz CT molecular complexity index is 854. The Morgan fingerprint density at radius 1 is 1.05 bits per heavy atom. The van der Waals surface area contributed by atoms with Crippen molar-refractivity contribution < 1.29 is 9.90 Å². The lowest BCUT2D eigenvalue weighted by atomic mass is 10.1. The van der Waals surface area contributed by atoms with Gasteiger partial charge in [-0.05, 0) is 18.2 Å². The second-order valence-electron chi connectivity index (χ2n) is 4.27. The minimum absolute atomic E-state index is 0.0143. The van der Waals surface area contributed by atoms with Gasteiger partial charge in [0.05, 0.1) is 22.8 Å². The van der Waals surface area contributed by atoms with E-state index in [4.69, 9.17) is 0 Å². The third-order valence-electron chi connectivity index (χ3n) is 3.05. The standard InChI is InChI=1S/C15H10N2O3/c18-14-13-10(5-4-8-12(13)15(19)20)9-16-17(14)11-6-2-1-3-7-11/h1-9H,(H,19,20). The van der Waals surface area contributed by atoms with Crippen LogP contribution in [0.3, 0.4) is 0 Å². The molecule has 0 aliphatic rings. The fraction of sp³-hybridized carbons (Fsp3) is 0. The molecule has 0 saturated carbocycles. The zero-order chi connectivity index (χ0) is 14.1. The van der Waals surface area contributed by atoms with Crippen molar-refractivity contribution in [1.29, 1.82) is 0 Å². The van der Waals surface area contributed by atoms with Gasteiger partial charge in [0, 0.05) is 5.39 Å². The van der Waals surface area contributed by atoms with E-state index in [1.807, 2.05) is 6.07 Å². The summed E-state index contributed by atoms with van der Waals surface area (Å²) in [6.45, 7) is 0. The van der Waals surface area contributed by atoms with Crippen LogP contribution >= 0.6 is 0 Å². The zero-order valence-corrected chi connectivity index (χ0v) is 10.4. The summed E-state index contributed by atoms with van der Waals surface area (Å²) in [7, 11) is 0. The molecule has 0 spiro atoms. The summed E-state index contributed by atoms with van der Waals surface area (Å²) in [5.74, 6) is -1.13. The number of carboxylic acid groups (broad SMARTS) is 1. The van der Waals surface area contributed by atoms with Crippen LogP contribution in [0.1, 0.15) is 10.4 Å². The van der Waals surface area contributed by atoms with E-state index in [1.54, 1.807) is 36.4 Å². The molecule has 2 aromatic carbocycles. The van der Waals surface area contributed by atoms with Crippen LogP contribution in [0.5, 0.6) is 0 Å². The Morgan fingerprint density at radius 2 is 1.80 bits per heavy atom. The summed E-state index contributed by atoms with van der Waals surface area (Å²) in [6.07, 6.45) is 1.50. The normalized spacial score (nSPS) is 10.6. The Morgan fingerprint density at radius 3 is 2.50 bits per heavy atom. The number of fused-ring (bicyclic) bond motifs is 1. The molecule has 0 bridgehead atoms. The van der Waals surface area contributed by atoms with E-state index in [-0.39, 0.29) is 10.9 Å². The monoisotopic (exact) mass is 266 g/mol. The highest BCUT2D eigenvalue weighted by molar-refractivity contribution is 6.03. The maximum atomic E-state index is 12.5. The van der Waals surface area contributed by atoms with Crippen molar-refractivity contribution >= 4 is 16.7 Å². The van der Waals surface area contributed by atoms with Crippen molar-refractivity contribution in [3.63, 3.8) is 0 Å². The first kappa shape index (κ1) is 12.1. The third kappa shape index (κ3) is 1.85. The molecule has 0 aliphatic heterocycles.